The molecule has 5 nitrogen and oxygen atoms in total. The lowest BCUT2D eigenvalue weighted by Crippen LogP contribution is -1.88. The van der Waals surface area contributed by atoms with Gasteiger partial charge >= 0.3 is 0 Å². The molecule has 3 rings (SSSR count). The van der Waals surface area contributed by atoms with E-state index < -0.39 is 0 Å². The second-order valence-corrected chi connectivity index (χ2v) is 3.77. The summed E-state index contributed by atoms with van der Waals surface area (Å²) in [5, 5.41) is 17.4. The predicted molar refractivity (Wildman–Crippen MR) is 65.4 cm³/mol. The summed E-state index contributed by atoms with van der Waals surface area (Å²) in [6.07, 6.45) is 3.26. The lowest BCUT2D eigenvalue weighted by atomic mass is 10.1. The zero-order valence-corrected chi connectivity index (χ0v) is 8.88. The van der Waals surface area contributed by atoms with Crippen LogP contribution in [-0.4, -0.2) is 20.3 Å². The van der Waals surface area contributed by atoms with Gasteiger partial charge in [0.1, 0.15) is 11.4 Å². The monoisotopic (exact) mass is 226 g/mol. The van der Waals surface area contributed by atoms with Crippen LogP contribution >= 0.6 is 0 Å². The van der Waals surface area contributed by atoms with E-state index in [0.29, 0.717) is 5.69 Å². The van der Waals surface area contributed by atoms with Crippen molar-refractivity contribution in [3.05, 3.63) is 36.7 Å². The Morgan fingerprint density at radius 2 is 2.12 bits per heavy atom. The van der Waals surface area contributed by atoms with Crippen molar-refractivity contribution < 1.29 is 5.11 Å². The number of hydrogen-bond donors (Lipinski definition) is 3. The first-order valence-electron chi connectivity index (χ1n) is 5.12. The van der Waals surface area contributed by atoms with Gasteiger partial charge in [-0.2, -0.15) is 5.10 Å². The molecule has 0 fully saturated rings. The Hall–Kier alpha value is -2.56. The molecule has 0 aliphatic heterocycles. The lowest BCUT2D eigenvalue weighted by Gasteiger charge is -2.00. The number of nitrogens with one attached hydrogen (secondary N) is 1. The minimum atomic E-state index is 0.200. The molecule has 2 aromatic heterocycles. The molecule has 0 aliphatic rings. The molecule has 0 saturated carbocycles. The van der Waals surface area contributed by atoms with Gasteiger partial charge in [-0.3, -0.25) is 10.1 Å². The van der Waals surface area contributed by atoms with Crippen LogP contribution in [0.1, 0.15) is 0 Å². The number of rotatable bonds is 1. The molecule has 5 heteroatoms. The van der Waals surface area contributed by atoms with Crippen molar-refractivity contribution in [3.63, 3.8) is 0 Å². The van der Waals surface area contributed by atoms with Crippen LogP contribution < -0.4 is 5.73 Å². The van der Waals surface area contributed by atoms with Crippen LogP contribution in [0.15, 0.2) is 36.7 Å². The molecule has 0 spiro atoms. The molecule has 4 N–H and O–H groups in total. The third-order valence-corrected chi connectivity index (χ3v) is 2.62. The third kappa shape index (κ3) is 1.48. The minimum absolute atomic E-state index is 0.200. The normalized spacial score (nSPS) is 10.8. The quantitative estimate of drug-likeness (QED) is 0.591. The number of nitrogens with zero attached hydrogens (tertiary/aromatic N) is 2. The highest BCUT2D eigenvalue weighted by Gasteiger charge is 2.11. The number of fused-ring (bicyclic) bond motifs is 1. The van der Waals surface area contributed by atoms with Gasteiger partial charge in [-0.1, -0.05) is 12.1 Å². The molecule has 3 aromatic rings. The number of aromatic hydroxyl groups is 1. The molecule has 2 heterocycles. The van der Waals surface area contributed by atoms with Gasteiger partial charge in [0.15, 0.2) is 0 Å². The van der Waals surface area contributed by atoms with Crippen molar-refractivity contribution >= 4 is 16.6 Å². The Balaban J connectivity index is 2.31. The van der Waals surface area contributed by atoms with Crippen LogP contribution in [0.2, 0.25) is 0 Å². The third-order valence-electron chi connectivity index (χ3n) is 2.62. The maximum atomic E-state index is 9.47. The van der Waals surface area contributed by atoms with E-state index >= 15 is 0 Å². The Labute approximate surface area is 96.9 Å². The number of aromatic nitrogens is 3. The molecule has 1 aromatic carbocycles. The predicted octanol–water partition coefficient (Wildman–Crippen LogP) is 1.91. The molecule has 0 unspecified atom stereocenters. The largest absolute Gasteiger partial charge is 0.508 e. The first-order chi connectivity index (χ1) is 8.25. The average Bonchev–Trinajstić information content (AvgIpc) is 2.74. The van der Waals surface area contributed by atoms with E-state index in [9.17, 15) is 5.11 Å². The number of benzene rings is 1. The molecular formula is C12H10N4O. The van der Waals surface area contributed by atoms with Crippen LogP contribution in [0.5, 0.6) is 5.75 Å². The van der Waals surface area contributed by atoms with Crippen LogP contribution in [0.3, 0.4) is 0 Å². The fourth-order valence-electron chi connectivity index (χ4n) is 1.86. The summed E-state index contributed by atoms with van der Waals surface area (Å²) in [7, 11) is 0. The number of hydrogen-bond acceptors (Lipinski definition) is 4. The van der Waals surface area contributed by atoms with Crippen molar-refractivity contribution in [2.75, 3.05) is 5.73 Å². The summed E-state index contributed by atoms with van der Waals surface area (Å²) in [5.41, 5.74) is 8.77. The van der Waals surface area contributed by atoms with Crippen molar-refractivity contribution in [3.8, 4) is 17.0 Å². The standard InChI is InChI=1S/C12H10N4O/c13-9-5-14-6-10-11(9)12(16-15-10)7-2-1-3-8(17)4-7/h1-6,17H,13H2,(H,15,16). The van der Waals surface area contributed by atoms with Gasteiger partial charge in [-0.25, -0.2) is 0 Å². The molecule has 84 valence electrons. The van der Waals surface area contributed by atoms with E-state index in [-0.39, 0.29) is 5.75 Å². The number of phenols is 1. The first-order valence-corrected chi connectivity index (χ1v) is 5.12. The molecule has 0 radical (unpaired) electrons. The number of nitrogens with two attached hydrogens (primary N) is 1. The van der Waals surface area contributed by atoms with Crippen LogP contribution in [0.25, 0.3) is 22.2 Å². The number of anilines is 1. The van der Waals surface area contributed by atoms with Gasteiger partial charge in [-0.15, -0.1) is 0 Å². The van der Waals surface area contributed by atoms with E-state index in [1.54, 1.807) is 30.6 Å². The van der Waals surface area contributed by atoms with Gasteiger partial charge in [0.05, 0.1) is 29.0 Å². The number of pyridine rings is 1. The second kappa shape index (κ2) is 3.48. The van der Waals surface area contributed by atoms with Gasteiger partial charge in [0.2, 0.25) is 0 Å². The second-order valence-electron chi connectivity index (χ2n) is 3.77. The van der Waals surface area contributed by atoms with E-state index in [4.69, 9.17) is 5.73 Å². The van der Waals surface area contributed by atoms with Crippen LogP contribution in [0.4, 0.5) is 5.69 Å². The van der Waals surface area contributed by atoms with Crippen molar-refractivity contribution in [2.24, 2.45) is 0 Å². The van der Waals surface area contributed by atoms with Gasteiger partial charge in [0, 0.05) is 5.56 Å². The molecular weight excluding hydrogens is 216 g/mol. The van der Waals surface area contributed by atoms with E-state index in [1.807, 2.05) is 6.07 Å². The Morgan fingerprint density at radius 3 is 2.94 bits per heavy atom. The average molecular weight is 226 g/mol. The maximum absolute atomic E-state index is 9.47. The highest BCUT2D eigenvalue weighted by molar-refractivity contribution is 6.00. The topological polar surface area (TPSA) is 87.8 Å². The zero-order chi connectivity index (χ0) is 11.8. The molecule has 0 amide bonds. The number of H-pyrrole nitrogens is 1. The smallest absolute Gasteiger partial charge is 0.116 e. The van der Waals surface area contributed by atoms with Gasteiger partial charge < -0.3 is 10.8 Å². The Kier molecular flexibility index (Phi) is 1.98. The fourth-order valence-corrected chi connectivity index (χ4v) is 1.86. The summed E-state index contributed by atoms with van der Waals surface area (Å²) in [6, 6.07) is 6.90. The SMILES string of the molecule is Nc1cncc2[nH]nc(-c3cccc(O)c3)c12. The minimum Gasteiger partial charge on any atom is -0.508 e. The van der Waals surface area contributed by atoms with Crippen molar-refractivity contribution in [1.29, 1.82) is 0 Å². The summed E-state index contributed by atoms with van der Waals surface area (Å²) in [4.78, 5) is 3.99. The fraction of sp³-hybridized carbons (Fsp3) is 0. The van der Waals surface area contributed by atoms with E-state index in [1.165, 1.54) is 0 Å². The van der Waals surface area contributed by atoms with Crippen molar-refractivity contribution in [1.82, 2.24) is 15.2 Å². The van der Waals surface area contributed by atoms with Crippen molar-refractivity contribution in [2.45, 2.75) is 0 Å². The molecule has 0 bridgehead atoms. The van der Waals surface area contributed by atoms with Gasteiger partial charge in [-0.05, 0) is 12.1 Å². The summed E-state index contributed by atoms with van der Waals surface area (Å²) < 4.78 is 0. The Bertz CT molecular complexity index is 690. The molecule has 0 aliphatic carbocycles. The number of phenolic OH excluding ortho intramolecular Hbond substituents is 1. The summed E-state index contributed by atoms with van der Waals surface area (Å²) in [6.45, 7) is 0. The summed E-state index contributed by atoms with van der Waals surface area (Å²) in [5.74, 6) is 0.200. The van der Waals surface area contributed by atoms with E-state index in [2.05, 4.69) is 15.2 Å². The highest BCUT2D eigenvalue weighted by atomic mass is 16.3. The lowest BCUT2D eigenvalue weighted by molar-refractivity contribution is 0.475. The highest BCUT2D eigenvalue weighted by Crippen LogP contribution is 2.30. The van der Waals surface area contributed by atoms with E-state index in [0.717, 1.165) is 22.2 Å². The Morgan fingerprint density at radius 1 is 1.24 bits per heavy atom. The molecule has 17 heavy (non-hydrogen) atoms. The number of aromatic amines is 1. The first kappa shape index (κ1) is 9.65. The van der Waals surface area contributed by atoms with Crippen LogP contribution in [0, 0.1) is 0 Å². The maximum Gasteiger partial charge on any atom is 0.116 e. The molecule has 0 atom stereocenters. The van der Waals surface area contributed by atoms with Gasteiger partial charge in [0.25, 0.3) is 0 Å². The molecule has 0 saturated heterocycles. The zero-order valence-electron chi connectivity index (χ0n) is 8.88. The van der Waals surface area contributed by atoms with Crippen LogP contribution in [-0.2, 0) is 0 Å². The summed E-state index contributed by atoms with van der Waals surface area (Å²) >= 11 is 0. The number of nitrogen functional groups attached to an aromatic ring is 1.